The van der Waals surface area contributed by atoms with E-state index < -0.39 is 0 Å². The zero-order chi connectivity index (χ0) is 9.26. The van der Waals surface area contributed by atoms with Crippen molar-refractivity contribution in [1.29, 1.82) is 0 Å². The molecule has 0 aromatic carbocycles. The molecule has 1 aromatic rings. The molecule has 0 spiro atoms. The molecule has 0 radical (unpaired) electrons. The molecule has 1 fully saturated rings. The summed E-state index contributed by atoms with van der Waals surface area (Å²) in [6, 6.07) is 0. The van der Waals surface area contributed by atoms with E-state index in [2.05, 4.69) is 22.2 Å². The Morgan fingerprint density at radius 3 is 2.62 bits per heavy atom. The van der Waals surface area contributed by atoms with Crippen LogP contribution < -0.4 is 5.32 Å². The number of aryl methyl sites for hydroxylation is 1. The summed E-state index contributed by atoms with van der Waals surface area (Å²) in [6.07, 6.45) is 5.02. The van der Waals surface area contributed by atoms with E-state index in [1.54, 1.807) is 0 Å². The largest absolute Gasteiger partial charge is 0.354 e. The lowest BCUT2D eigenvalue weighted by molar-refractivity contribution is 0.780. The fourth-order valence-electron chi connectivity index (χ4n) is 1.39. The summed E-state index contributed by atoms with van der Waals surface area (Å²) in [5.74, 6) is 2.48. The van der Waals surface area contributed by atoms with Crippen LogP contribution in [0.3, 0.4) is 0 Å². The van der Waals surface area contributed by atoms with Gasteiger partial charge in [0.15, 0.2) is 0 Å². The molecule has 1 aliphatic rings. The summed E-state index contributed by atoms with van der Waals surface area (Å²) in [6.45, 7) is 5.29. The first-order chi connectivity index (χ1) is 6.25. The Hall–Kier alpha value is -1.12. The van der Waals surface area contributed by atoms with Crippen LogP contribution in [0.5, 0.6) is 0 Å². The molecular formula is C10H15N3. The molecule has 0 saturated heterocycles. The molecule has 2 rings (SSSR count). The molecule has 13 heavy (non-hydrogen) atoms. The molecule has 2 atom stereocenters. The van der Waals surface area contributed by atoms with Gasteiger partial charge in [-0.25, -0.2) is 9.97 Å². The average molecular weight is 177 g/mol. The van der Waals surface area contributed by atoms with Crippen LogP contribution in [0.4, 0.5) is 5.95 Å². The SMILES string of the molecule is Cc1cnc(NCC2CC2C)nc1. The molecule has 70 valence electrons. The highest BCUT2D eigenvalue weighted by molar-refractivity contribution is 5.24. The Morgan fingerprint density at radius 2 is 2.08 bits per heavy atom. The number of anilines is 1. The smallest absolute Gasteiger partial charge is 0.222 e. The minimum Gasteiger partial charge on any atom is -0.354 e. The van der Waals surface area contributed by atoms with Gasteiger partial charge in [0.25, 0.3) is 0 Å². The highest BCUT2D eigenvalue weighted by Crippen LogP contribution is 2.37. The highest BCUT2D eigenvalue weighted by Gasteiger charge is 2.31. The fraction of sp³-hybridized carbons (Fsp3) is 0.600. The second-order valence-electron chi connectivity index (χ2n) is 3.94. The van der Waals surface area contributed by atoms with Gasteiger partial charge in [-0.15, -0.1) is 0 Å². The molecular weight excluding hydrogens is 162 g/mol. The molecule has 0 aliphatic heterocycles. The number of rotatable bonds is 3. The van der Waals surface area contributed by atoms with Gasteiger partial charge in [0, 0.05) is 18.9 Å². The Bertz CT molecular complexity index is 281. The molecule has 1 N–H and O–H groups in total. The molecule has 1 saturated carbocycles. The van der Waals surface area contributed by atoms with Crippen LogP contribution in [0.25, 0.3) is 0 Å². The number of nitrogens with zero attached hydrogens (tertiary/aromatic N) is 2. The van der Waals surface area contributed by atoms with Crippen molar-refractivity contribution >= 4 is 5.95 Å². The van der Waals surface area contributed by atoms with Crippen molar-refractivity contribution < 1.29 is 0 Å². The van der Waals surface area contributed by atoms with Crippen LogP contribution in [0.15, 0.2) is 12.4 Å². The van der Waals surface area contributed by atoms with E-state index in [4.69, 9.17) is 0 Å². The number of hydrogen-bond donors (Lipinski definition) is 1. The summed E-state index contributed by atoms with van der Waals surface area (Å²) in [5, 5.41) is 3.24. The van der Waals surface area contributed by atoms with Gasteiger partial charge in [0.2, 0.25) is 5.95 Å². The van der Waals surface area contributed by atoms with Crippen LogP contribution >= 0.6 is 0 Å². The Balaban J connectivity index is 1.84. The van der Waals surface area contributed by atoms with Crippen LogP contribution in [0.2, 0.25) is 0 Å². The van der Waals surface area contributed by atoms with Crippen LogP contribution in [0.1, 0.15) is 18.9 Å². The van der Waals surface area contributed by atoms with Crippen molar-refractivity contribution in [1.82, 2.24) is 9.97 Å². The Morgan fingerprint density at radius 1 is 1.46 bits per heavy atom. The van der Waals surface area contributed by atoms with Crippen LogP contribution in [-0.4, -0.2) is 16.5 Å². The monoisotopic (exact) mass is 177 g/mol. The molecule has 1 aromatic heterocycles. The molecule has 1 heterocycles. The number of aromatic nitrogens is 2. The third-order valence-corrected chi connectivity index (χ3v) is 2.58. The topological polar surface area (TPSA) is 37.8 Å². The quantitative estimate of drug-likeness (QED) is 0.765. The van der Waals surface area contributed by atoms with Gasteiger partial charge in [-0.1, -0.05) is 6.92 Å². The van der Waals surface area contributed by atoms with Crippen LogP contribution in [0, 0.1) is 18.8 Å². The predicted octanol–water partition coefficient (Wildman–Crippen LogP) is 1.85. The molecule has 3 nitrogen and oxygen atoms in total. The summed E-state index contributed by atoms with van der Waals surface area (Å²) < 4.78 is 0. The third kappa shape index (κ3) is 2.17. The van der Waals surface area contributed by atoms with Crippen molar-refractivity contribution in [2.75, 3.05) is 11.9 Å². The van der Waals surface area contributed by atoms with Crippen molar-refractivity contribution in [3.8, 4) is 0 Å². The van der Waals surface area contributed by atoms with Gasteiger partial charge in [0.1, 0.15) is 0 Å². The second-order valence-corrected chi connectivity index (χ2v) is 3.94. The van der Waals surface area contributed by atoms with Gasteiger partial charge in [-0.2, -0.15) is 0 Å². The van der Waals surface area contributed by atoms with Gasteiger partial charge >= 0.3 is 0 Å². The van der Waals surface area contributed by atoms with Gasteiger partial charge in [-0.3, -0.25) is 0 Å². The summed E-state index contributed by atoms with van der Waals surface area (Å²) >= 11 is 0. The van der Waals surface area contributed by atoms with Gasteiger partial charge in [-0.05, 0) is 30.7 Å². The lowest BCUT2D eigenvalue weighted by atomic mass is 10.3. The molecule has 2 unspecified atom stereocenters. The van der Waals surface area contributed by atoms with Crippen molar-refractivity contribution in [3.63, 3.8) is 0 Å². The standard InChI is InChI=1S/C10H15N3/c1-7-4-11-10(12-5-7)13-6-9-3-8(9)2/h4-5,8-9H,3,6H2,1-2H3,(H,11,12,13). The number of hydrogen-bond acceptors (Lipinski definition) is 3. The van der Waals surface area contributed by atoms with Crippen molar-refractivity contribution in [2.24, 2.45) is 11.8 Å². The Kier molecular flexibility index (Phi) is 2.17. The zero-order valence-corrected chi connectivity index (χ0v) is 8.12. The van der Waals surface area contributed by atoms with Crippen molar-refractivity contribution in [2.45, 2.75) is 20.3 Å². The van der Waals surface area contributed by atoms with E-state index in [1.165, 1.54) is 6.42 Å². The zero-order valence-electron chi connectivity index (χ0n) is 8.12. The minimum atomic E-state index is 0.754. The summed E-state index contributed by atoms with van der Waals surface area (Å²) in [7, 11) is 0. The molecule has 0 bridgehead atoms. The van der Waals surface area contributed by atoms with Crippen LogP contribution in [-0.2, 0) is 0 Å². The van der Waals surface area contributed by atoms with E-state index in [9.17, 15) is 0 Å². The highest BCUT2D eigenvalue weighted by atomic mass is 15.1. The van der Waals surface area contributed by atoms with E-state index in [0.29, 0.717) is 0 Å². The number of nitrogens with one attached hydrogen (secondary N) is 1. The first-order valence-electron chi connectivity index (χ1n) is 4.78. The minimum absolute atomic E-state index is 0.754. The molecule has 0 amide bonds. The average Bonchev–Trinajstić information content (AvgIpc) is 2.81. The maximum atomic E-state index is 4.18. The summed E-state index contributed by atoms with van der Waals surface area (Å²) in [5.41, 5.74) is 1.10. The normalized spacial score (nSPS) is 25.7. The maximum absolute atomic E-state index is 4.18. The van der Waals surface area contributed by atoms with E-state index in [-0.39, 0.29) is 0 Å². The molecule has 3 heteroatoms. The first-order valence-corrected chi connectivity index (χ1v) is 4.78. The lowest BCUT2D eigenvalue weighted by Crippen LogP contribution is -2.07. The third-order valence-electron chi connectivity index (χ3n) is 2.58. The second kappa shape index (κ2) is 3.32. The Labute approximate surface area is 78.6 Å². The maximum Gasteiger partial charge on any atom is 0.222 e. The molecule has 1 aliphatic carbocycles. The van der Waals surface area contributed by atoms with E-state index in [0.717, 1.165) is 29.9 Å². The first kappa shape index (κ1) is 8.48. The van der Waals surface area contributed by atoms with E-state index in [1.807, 2.05) is 19.3 Å². The van der Waals surface area contributed by atoms with E-state index >= 15 is 0 Å². The predicted molar refractivity (Wildman–Crippen MR) is 52.5 cm³/mol. The summed E-state index contributed by atoms with van der Waals surface area (Å²) in [4.78, 5) is 8.36. The van der Waals surface area contributed by atoms with Crippen molar-refractivity contribution in [3.05, 3.63) is 18.0 Å². The fourth-order valence-corrected chi connectivity index (χ4v) is 1.39. The van der Waals surface area contributed by atoms with Gasteiger partial charge in [0.05, 0.1) is 0 Å². The van der Waals surface area contributed by atoms with Gasteiger partial charge < -0.3 is 5.32 Å². The lowest BCUT2D eigenvalue weighted by Gasteiger charge is -2.02.